The highest BCUT2D eigenvalue weighted by atomic mass is 32.2. The summed E-state index contributed by atoms with van der Waals surface area (Å²) in [5, 5.41) is 0. The molecule has 1 fully saturated rings. The molecular weight excluding hydrogens is 300 g/mol. The predicted molar refractivity (Wildman–Crippen MR) is 86.0 cm³/mol. The van der Waals surface area contributed by atoms with E-state index in [9.17, 15) is 13.2 Å². The summed E-state index contributed by atoms with van der Waals surface area (Å²) < 4.78 is 27.6. The van der Waals surface area contributed by atoms with Crippen LogP contribution in [-0.4, -0.2) is 30.7 Å². The Bertz CT molecular complexity index is 679. The average Bonchev–Trinajstić information content (AvgIpc) is 3.22. The molecule has 5 nitrogen and oxygen atoms in total. The number of aryl methyl sites for hydroxylation is 1. The fourth-order valence-electron chi connectivity index (χ4n) is 2.52. The van der Waals surface area contributed by atoms with Crippen LogP contribution in [0.25, 0.3) is 0 Å². The molecule has 0 radical (unpaired) electrons. The topological polar surface area (TPSA) is 80.5 Å². The summed E-state index contributed by atoms with van der Waals surface area (Å²) in [5.74, 6) is -0.388. The van der Waals surface area contributed by atoms with E-state index in [-0.39, 0.29) is 28.5 Å². The SMILES string of the molecule is Cc1ccc(S(=O)(=O)N(C2CC2)[C@@H](C)C(C)C)cc1C(N)=O. The molecule has 22 heavy (non-hydrogen) atoms. The van der Waals surface area contributed by atoms with Gasteiger partial charge in [-0.2, -0.15) is 4.31 Å². The van der Waals surface area contributed by atoms with Crippen molar-refractivity contribution in [3.63, 3.8) is 0 Å². The van der Waals surface area contributed by atoms with Crippen LogP contribution in [0.4, 0.5) is 0 Å². The van der Waals surface area contributed by atoms with E-state index in [4.69, 9.17) is 5.73 Å². The van der Waals surface area contributed by atoms with Gasteiger partial charge in [0, 0.05) is 17.6 Å². The number of benzene rings is 1. The molecule has 2 rings (SSSR count). The van der Waals surface area contributed by atoms with Gasteiger partial charge in [0.1, 0.15) is 0 Å². The molecule has 1 aliphatic carbocycles. The molecule has 1 aliphatic rings. The third-order valence-corrected chi connectivity index (χ3v) is 6.36. The first-order valence-corrected chi connectivity index (χ1v) is 9.04. The Hall–Kier alpha value is -1.40. The van der Waals surface area contributed by atoms with Gasteiger partial charge in [-0.25, -0.2) is 8.42 Å². The van der Waals surface area contributed by atoms with Gasteiger partial charge in [0.05, 0.1) is 4.90 Å². The fourth-order valence-corrected chi connectivity index (χ4v) is 4.55. The first-order chi connectivity index (χ1) is 10.2. The zero-order valence-corrected chi connectivity index (χ0v) is 14.4. The van der Waals surface area contributed by atoms with Crippen LogP contribution in [0.15, 0.2) is 23.1 Å². The second kappa shape index (κ2) is 6.01. The van der Waals surface area contributed by atoms with Crippen LogP contribution in [0.3, 0.4) is 0 Å². The first kappa shape index (κ1) is 17.0. The lowest BCUT2D eigenvalue weighted by Crippen LogP contribution is -2.43. The molecule has 1 saturated carbocycles. The number of primary amides is 1. The minimum absolute atomic E-state index is 0.0701. The lowest BCUT2D eigenvalue weighted by atomic mass is 10.1. The maximum atomic E-state index is 13.0. The number of nitrogens with two attached hydrogens (primary N) is 1. The van der Waals surface area contributed by atoms with Crippen LogP contribution >= 0.6 is 0 Å². The molecule has 0 spiro atoms. The molecule has 1 amide bonds. The van der Waals surface area contributed by atoms with Crippen molar-refractivity contribution in [2.24, 2.45) is 11.7 Å². The van der Waals surface area contributed by atoms with Crippen molar-refractivity contribution in [3.8, 4) is 0 Å². The second-order valence-electron chi connectivity index (χ2n) is 6.39. The Morgan fingerprint density at radius 1 is 1.27 bits per heavy atom. The van der Waals surface area contributed by atoms with E-state index in [1.54, 1.807) is 23.4 Å². The van der Waals surface area contributed by atoms with Gasteiger partial charge in [0.15, 0.2) is 0 Å². The van der Waals surface area contributed by atoms with Crippen LogP contribution in [0, 0.1) is 12.8 Å². The monoisotopic (exact) mass is 324 g/mol. The fraction of sp³-hybridized carbons (Fsp3) is 0.562. The summed E-state index contributed by atoms with van der Waals surface area (Å²) in [4.78, 5) is 11.6. The molecule has 2 N–H and O–H groups in total. The maximum Gasteiger partial charge on any atom is 0.249 e. The van der Waals surface area contributed by atoms with Crippen molar-refractivity contribution in [2.45, 2.75) is 57.5 Å². The quantitative estimate of drug-likeness (QED) is 0.872. The smallest absolute Gasteiger partial charge is 0.249 e. The summed E-state index contributed by atoms with van der Waals surface area (Å²) in [7, 11) is -3.63. The van der Waals surface area contributed by atoms with E-state index in [0.29, 0.717) is 5.56 Å². The number of hydrogen-bond acceptors (Lipinski definition) is 3. The third-order valence-electron chi connectivity index (χ3n) is 4.32. The second-order valence-corrected chi connectivity index (χ2v) is 8.23. The van der Waals surface area contributed by atoms with Gasteiger partial charge >= 0.3 is 0 Å². The molecule has 1 aromatic carbocycles. The summed E-state index contributed by atoms with van der Waals surface area (Å²) in [6.07, 6.45) is 1.79. The standard InChI is InChI=1S/C16H24N2O3S/c1-10(2)12(4)18(13-6-7-13)22(20,21)14-8-5-11(3)15(9-14)16(17)19/h5,8-10,12-13H,6-7H2,1-4H3,(H2,17,19)/t12-/m0/s1. The highest BCUT2D eigenvalue weighted by Crippen LogP contribution is 2.36. The molecular formula is C16H24N2O3S. The molecule has 0 aliphatic heterocycles. The summed E-state index contributed by atoms with van der Waals surface area (Å²) in [6, 6.07) is 4.57. The normalized spacial score (nSPS) is 17.0. The molecule has 0 unspecified atom stereocenters. The third kappa shape index (κ3) is 3.17. The first-order valence-electron chi connectivity index (χ1n) is 7.60. The molecule has 0 aromatic heterocycles. The zero-order valence-electron chi connectivity index (χ0n) is 13.5. The highest BCUT2D eigenvalue weighted by Gasteiger charge is 2.42. The molecule has 0 saturated heterocycles. The van der Waals surface area contributed by atoms with Gasteiger partial charge in [0.25, 0.3) is 0 Å². The number of carbonyl (C=O) groups excluding carboxylic acids is 1. The molecule has 6 heteroatoms. The maximum absolute atomic E-state index is 13.0. The van der Waals surface area contributed by atoms with Gasteiger partial charge in [-0.05, 0) is 50.3 Å². The number of amides is 1. The summed E-state index contributed by atoms with van der Waals surface area (Å²) in [6.45, 7) is 7.70. The van der Waals surface area contributed by atoms with Gasteiger partial charge in [-0.1, -0.05) is 19.9 Å². The highest BCUT2D eigenvalue weighted by molar-refractivity contribution is 7.89. The Labute approximate surface area is 132 Å². The average molecular weight is 324 g/mol. The minimum atomic E-state index is -3.63. The lowest BCUT2D eigenvalue weighted by molar-refractivity contribution is 0.0999. The van der Waals surface area contributed by atoms with E-state index < -0.39 is 15.9 Å². The van der Waals surface area contributed by atoms with E-state index in [0.717, 1.165) is 12.8 Å². The largest absolute Gasteiger partial charge is 0.366 e. The van der Waals surface area contributed by atoms with Crippen molar-refractivity contribution >= 4 is 15.9 Å². The predicted octanol–water partition coefficient (Wildman–Crippen LogP) is 2.29. The van der Waals surface area contributed by atoms with Crippen LogP contribution in [0.1, 0.15) is 49.5 Å². The van der Waals surface area contributed by atoms with Gasteiger partial charge in [-0.15, -0.1) is 0 Å². The van der Waals surface area contributed by atoms with Crippen molar-refractivity contribution in [1.29, 1.82) is 0 Å². The van der Waals surface area contributed by atoms with Crippen molar-refractivity contribution in [3.05, 3.63) is 29.3 Å². The van der Waals surface area contributed by atoms with E-state index in [1.807, 2.05) is 20.8 Å². The lowest BCUT2D eigenvalue weighted by Gasteiger charge is -2.31. The Morgan fingerprint density at radius 3 is 2.32 bits per heavy atom. The molecule has 122 valence electrons. The molecule has 0 bridgehead atoms. The Balaban J connectivity index is 2.48. The van der Waals surface area contributed by atoms with Crippen LogP contribution in [0.2, 0.25) is 0 Å². The molecule has 0 heterocycles. The minimum Gasteiger partial charge on any atom is -0.366 e. The Morgan fingerprint density at radius 2 is 1.86 bits per heavy atom. The Kier molecular flexibility index (Phi) is 4.63. The number of nitrogens with zero attached hydrogens (tertiary/aromatic N) is 1. The molecule has 1 atom stereocenters. The van der Waals surface area contributed by atoms with E-state index in [2.05, 4.69) is 0 Å². The van der Waals surface area contributed by atoms with Gasteiger partial charge in [-0.3, -0.25) is 4.79 Å². The molecule has 1 aromatic rings. The van der Waals surface area contributed by atoms with Gasteiger partial charge in [0.2, 0.25) is 15.9 Å². The van der Waals surface area contributed by atoms with E-state index in [1.165, 1.54) is 6.07 Å². The van der Waals surface area contributed by atoms with Crippen molar-refractivity contribution in [1.82, 2.24) is 4.31 Å². The summed E-state index contributed by atoms with van der Waals surface area (Å²) >= 11 is 0. The van der Waals surface area contributed by atoms with E-state index >= 15 is 0 Å². The number of carbonyl (C=O) groups is 1. The van der Waals surface area contributed by atoms with Crippen molar-refractivity contribution in [2.75, 3.05) is 0 Å². The van der Waals surface area contributed by atoms with Crippen molar-refractivity contribution < 1.29 is 13.2 Å². The number of hydrogen-bond donors (Lipinski definition) is 1. The zero-order chi connectivity index (χ0) is 16.7. The summed E-state index contributed by atoms with van der Waals surface area (Å²) in [5.41, 5.74) is 6.28. The van der Waals surface area contributed by atoms with Crippen LogP contribution in [0.5, 0.6) is 0 Å². The number of rotatable bonds is 6. The number of sulfonamides is 1. The van der Waals surface area contributed by atoms with Crippen LogP contribution < -0.4 is 5.73 Å². The van der Waals surface area contributed by atoms with Gasteiger partial charge < -0.3 is 5.73 Å². The van der Waals surface area contributed by atoms with Crippen LogP contribution in [-0.2, 0) is 10.0 Å².